The molecule has 1 aromatic carbocycles. The van der Waals surface area contributed by atoms with Gasteiger partial charge in [0.1, 0.15) is 6.10 Å². The molecule has 1 fully saturated rings. The van der Waals surface area contributed by atoms with E-state index in [2.05, 4.69) is 4.98 Å². The maximum atomic E-state index is 10.6. The van der Waals surface area contributed by atoms with Crippen molar-refractivity contribution in [2.75, 3.05) is 7.11 Å². The predicted molar refractivity (Wildman–Crippen MR) is 70.3 cm³/mol. The number of aromatic nitrogens is 1. The smallest absolute Gasteiger partial charge is 0.109 e. The van der Waals surface area contributed by atoms with E-state index in [-0.39, 0.29) is 0 Å². The summed E-state index contributed by atoms with van der Waals surface area (Å²) in [5.74, 6) is 0. The van der Waals surface area contributed by atoms with E-state index in [0.29, 0.717) is 0 Å². The highest BCUT2D eigenvalue weighted by molar-refractivity contribution is 5.82. The van der Waals surface area contributed by atoms with E-state index in [9.17, 15) is 5.11 Å². The van der Waals surface area contributed by atoms with Crippen molar-refractivity contribution >= 4 is 10.9 Å². The third-order valence-corrected chi connectivity index (χ3v) is 4.08. The first-order valence-corrected chi connectivity index (χ1v) is 6.34. The van der Waals surface area contributed by atoms with Crippen molar-refractivity contribution in [3.63, 3.8) is 0 Å². The molecule has 0 amide bonds. The van der Waals surface area contributed by atoms with E-state index in [1.165, 1.54) is 0 Å². The molecule has 1 unspecified atom stereocenters. The van der Waals surface area contributed by atoms with Crippen LogP contribution in [0.5, 0.6) is 0 Å². The molecule has 0 radical (unpaired) electrons. The molecule has 1 heterocycles. The number of aliphatic hydroxyl groups excluding tert-OH is 1. The van der Waals surface area contributed by atoms with Crippen molar-refractivity contribution in [1.82, 2.24) is 4.98 Å². The maximum absolute atomic E-state index is 10.6. The predicted octanol–water partition coefficient (Wildman–Crippen LogP) is 2.84. The van der Waals surface area contributed by atoms with Gasteiger partial charge in [-0.25, -0.2) is 0 Å². The van der Waals surface area contributed by atoms with Gasteiger partial charge in [0, 0.05) is 18.7 Å². The van der Waals surface area contributed by atoms with E-state index in [1.54, 1.807) is 13.3 Å². The summed E-state index contributed by atoms with van der Waals surface area (Å²) in [6.07, 6.45) is 4.15. The van der Waals surface area contributed by atoms with E-state index in [1.807, 2.05) is 30.3 Å². The summed E-state index contributed by atoms with van der Waals surface area (Å²) in [5, 5.41) is 11.6. The lowest BCUT2D eigenvalue weighted by molar-refractivity contribution is -0.151. The minimum absolute atomic E-state index is 0.399. The van der Waals surface area contributed by atoms with Gasteiger partial charge in [0.25, 0.3) is 0 Å². The Morgan fingerprint density at radius 3 is 2.78 bits per heavy atom. The fourth-order valence-corrected chi connectivity index (χ4v) is 2.76. The first kappa shape index (κ1) is 11.6. The quantitative estimate of drug-likeness (QED) is 0.901. The lowest BCUT2D eigenvalue weighted by atomic mass is 9.73. The number of methoxy groups -OCH3 is 1. The Kier molecular flexibility index (Phi) is 2.80. The third kappa shape index (κ3) is 1.62. The fourth-order valence-electron chi connectivity index (χ4n) is 2.76. The Balaban J connectivity index is 2.09. The van der Waals surface area contributed by atoms with Crippen LogP contribution in [0, 0.1) is 0 Å². The summed E-state index contributed by atoms with van der Waals surface area (Å²) in [4.78, 5) is 4.32. The van der Waals surface area contributed by atoms with Crippen molar-refractivity contribution in [2.24, 2.45) is 0 Å². The standard InChI is InChI=1S/C15H17NO2/c1-18-15(8-4-9-15)14(17)12-5-2-7-13-11(12)6-3-10-16-13/h2-3,5-7,10,14,17H,4,8-9H2,1H3. The number of fused-ring (bicyclic) bond motifs is 1. The monoisotopic (exact) mass is 243 g/mol. The van der Waals surface area contributed by atoms with E-state index >= 15 is 0 Å². The average Bonchev–Trinajstić information content (AvgIpc) is 2.37. The summed E-state index contributed by atoms with van der Waals surface area (Å²) in [6, 6.07) is 9.78. The summed E-state index contributed by atoms with van der Waals surface area (Å²) < 4.78 is 5.57. The van der Waals surface area contributed by atoms with Crippen molar-refractivity contribution in [2.45, 2.75) is 31.0 Å². The number of nitrogens with zero attached hydrogens (tertiary/aromatic N) is 1. The molecule has 0 spiro atoms. The molecule has 0 aliphatic heterocycles. The van der Waals surface area contributed by atoms with Crippen LogP contribution in [0.15, 0.2) is 36.5 Å². The number of rotatable bonds is 3. The molecule has 18 heavy (non-hydrogen) atoms. The molecule has 2 aromatic rings. The minimum Gasteiger partial charge on any atom is -0.385 e. The van der Waals surface area contributed by atoms with Crippen LogP contribution in [0.2, 0.25) is 0 Å². The number of hydrogen-bond acceptors (Lipinski definition) is 3. The van der Waals surface area contributed by atoms with Gasteiger partial charge in [-0.05, 0) is 37.0 Å². The zero-order valence-corrected chi connectivity index (χ0v) is 10.5. The Bertz CT molecular complexity index is 552. The molecule has 1 N–H and O–H groups in total. The summed E-state index contributed by atoms with van der Waals surface area (Å²) in [7, 11) is 1.69. The molecule has 3 rings (SSSR count). The number of aliphatic hydroxyl groups is 1. The van der Waals surface area contributed by atoms with E-state index in [4.69, 9.17) is 4.74 Å². The average molecular weight is 243 g/mol. The molecule has 1 saturated carbocycles. The SMILES string of the molecule is COC1(C(O)c2cccc3ncccc23)CCC1. The van der Waals surface area contributed by atoms with Gasteiger partial charge >= 0.3 is 0 Å². The summed E-state index contributed by atoms with van der Waals surface area (Å²) >= 11 is 0. The molecule has 3 nitrogen and oxygen atoms in total. The number of hydrogen-bond donors (Lipinski definition) is 1. The second kappa shape index (κ2) is 4.34. The van der Waals surface area contributed by atoms with Gasteiger partial charge in [0.05, 0.1) is 11.1 Å². The summed E-state index contributed by atoms with van der Waals surface area (Å²) in [6.45, 7) is 0. The molecular weight excluding hydrogens is 226 g/mol. The molecule has 94 valence electrons. The highest BCUT2D eigenvalue weighted by Gasteiger charge is 2.44. The Labute approximate surface area is 106 Å². The Morgan fingerprint density at radius 1 is 1.28 bits per heavy atom. The number of benzene rings is 1. The van der Waals surface area contributed by atoms with Crippen LogP contribution in [0.25, 0.3) is 10.9 Å². The molecule has 1 atom stereocenters. The molecule has 1 aliphatic rings. The van der Waals surface area contributed by atoms with Crippen molar-refractivity contribution < 1.29 is 9.84 Å². The van der Waals surface area contributed by atoms with Crippen LogP contribution in [0.3, 0.4) is 0 Å². The van der Waals surface area contributed by atoms with Crippen molar-refractivity contribution in [3.8, 4) is 0 Å². The summed E-state index contributed by atoms with van der Waals surface area (Å²) in [5.41, 5.74) is 1.44. The molecule has 1 aliphatic carbocycles. The van der Waals surface area contributed by atoms with Crippen LogP contribution in [-0.4, -0.2) is 22.8 Å². The molecule has 1 aromatic heterocycles. The molecule has 3 heteroatoms. The van der Waals surface area contributed by atoms with Gasteiger partial charge in [-0.2, -0.15) is 0 Å². The zero-order chi connectivity index (χ0) is 12.6. The molecule has 0 bridgehead atoms. The first-order chi connectivity index (χ1) is 8.77. The normalized spacial score (nSPS) is 19.4. The van der Waals surface area contributed by atoms with Crippen LogP contribution in [0.1, 0.15) is 30.9 Å². The van der Waals surface area contributed by atoms with Gasteiger partial charge in [0.15, 0.2) is 0 Å². The zero-order valence-electron chi connectivity index (χ0n) is 10.5. The number of ether oxygens (including phenoxy) is 1. The van der Waals surface area contributed by atoms with Crippen LogP contribution in [-0.2, 0) is 4.74 Å². The first-order valence-electron chi connectivity index (χ1n) is 6.34. The van der Waals surface area contributed by atoms with Gasteiger partial charge in [-0.1, -0.05) is 18.2 Å². The topological polar surface area (TPSA) is 42.4 Å². The van der Waals surface area contributed by atoms with Crippen LogP contribution in [0.4, 0.5) is 0 Å². The molecular formula is C15H17NO2. The van der Waals surface area contributed by atoms with Crippen molar-refractivity contribution in [1.29, 1.82) is 0 Å². The lowest BCUT2D eigenvalue weighted by Gasteiger charge is -2.44. The van der Waals surface area contributed by atoms with Gasteiger partial charge < -0.3 is 9.84 Å². The second-order valence-electron chi connectivity index (χ2n) is 4.94. The second-order valence-corrected chi connectivity index (χ2v) is 4.94. The Hall–Kier alpha value is -1.45. The minimum atomic E-state index is -0.579. The third-order valence-electron chi connectivity index (χ3n) is 4.08. The van der Waals surface area contributed by atoms with Crippen LogP contribution < -0.4 is 0 Å². The highest BCUT2D eigenvalue weighted by Crippen LogP contribution is 2.45. The number of pyridine rings is 1. The fraction of sp³-hybridized carbons (Fsp3) is 0.400. The van der Waals surface area contributed by atoms with Gasteiger partial charge in [-0.15, -0.1) is 0 Å². The highest BCUT2D eigenvalue weighted by atomic mass is 16.5. The van der Waals surface area contributed by atoms with E-state index < -0.39 is 11.7 Å². The lowest BCUT2D eigenvalue weighted by Crippen LogP contribution is -2.45. The maximum Gasteiger partial charge on any atom is 0.109 e. The Morgan fingerprint density at radius 2 is 2.11 bits per heavy atom. The van der Waals surface area contributed by atoms with Gasteiger partial charge in [-0.3, -0.25) is 4.98 Å². The van der Waals surface area contributed by atoms with Crippen molar-refractivity contribution in [3.05, 3.63) is 42.1 Å². The van der Waals surface area contributed by atoms with Crippen LogP contribution >= 0.6 is 0 Å². The van der Waals surface area contributed by atoms with Gasteiger partial charge in [0.2, 0.25) is 0 Å². The van der Waals surface area contributed by atoms with E-state index in [0.717, 1.165) is 35.7 Å². The largest absolute Gasteiger partial charge is 0.385 e. The molecule has 0 saturated heterocycles.